The number of carbonyl (C=O) groups is 3. The molecule has 1 aromatic carbocycles. The summed E-state index contributed by atoms with van der Waals surface area (Å²) in [5, 5.41) is 0.0396. The summed E-state index contributed by atoms with van der Waals surface area (Å²) in [6.07, 6.45) is -0.808. The first kappa shape index (κ1) is 32.1. The molecule has 1 aliphatic heterocycles. The first-order chi connectivity index (χ1) is 17.5. The molecular weight excluding hydrogens is 526 g/mol. The van der Waals surface area contributed by atoms with Crippen molar-refractivity contribution in [1.29, 1.82) is 0 Å². The van der Waals surface area contributed by atoms with E-state index in [4.69, 9.17) is 30.2 Å². The van der Waals surface area contributed by atoms with E-state index >= 15 is 0 Å². The molecular formula is C28H44ClNO7Si. The topological polar surface area (TPSA) is 91.4 Å². The molecule has 1 aromatic rings. The van der Waals surface area contributed by atoms with Crippen molar-refractivity contribution in [3.63, 3.8) is 0 Å². The summed E-state index contributed by atoms with van der Waals surface area (Å²) < 4.78 is 22.9. The maximum Gasteiger partial charge on any atom is 0.410 e. The molecule has 10 heteroatoms. The second kappa shape index (κ2) is 12.8. The number of halogens is 1. The highest BCUT2D eigenvalue weighted by molar-refractivity contribution is 6.74. The lowest BCUT2D eigenvalue weighted by molar-refractivity contribution is -0.153. The van der Waals surface area contributed by atoms with Crippen LogP contribution in [0.3, 0.4) is 0 Å². The van der Waals surface area contributed by atoms with Crippen LogP contribution >= 0.6 is 11.6 Å². The average Bonchev–Trinajstić information content (AvgIpc) is 3.20. The number of rotatable bonds is 9. The fraction of sp³-hybridized carbons (Fsp3) is 0.679. The maximum atomic E-state index is 13.2. The fourth-order valence-corrected chi connectivity index (χ4v) is 5.46. The molecule has 1 fully saturated rings. The molecule has 1 saturated heterocycles. The van der Waals surface area contributed by atoms with E-state index in [0.29, 0.717) is 18.5 Å². The summed E-state index contributed by atoms with van der Waals surface area (Å²) in [7, 11) is -2.06. The van der Waals surface area contributed by atoms with Gasteiger partial charge in [0.1, 0.15) is 17.6 Å². The van der Waals surface area contributed by atoms with Gasteiger partial charge in [0.25, 0.3) is 0 Å². The van der Waals surface area contributed by atoms with Crippen LogP contribution in [-0.2, 0) is 28.2 Å². The van der Waals surface area contributed by atoms with Gasteiger partial charge in [0.2, 0.25) is 0 Å². The van der Waals surface area contributed by atoms with Crippen LogP contribution in [0.2, 0.25) is 18.1 Å². The Hall–Kier alpha value is -2.10. The minimum atomic E-state index is -2.06. The van der Waals surface area contributed by atoms with Crippen LogP contribution in [0.4, 0.5) is 4.79 Å². The van der Waals surface area contributed by atoms with Crippen LogP contribution in [0.1, 0.15) is 84.6 Å². The molecule has 0 radical (unpaired) electrons. The van der Waals surface area contributed by atoms with Crippen molar-refractivity contribution in [3.05, 3.63) is 35.4 Å². The molecule has 214 valence electrons. The average molecular weight is 570 g/mol. The van der Waals surface area contributed by atoms with Crippen LogP contribution in [0.25, 0.3) is 0 Å². The maximum absolute atomic E-state index is 13.2. The first-order valence-corrected chi connectivity index (χ1v) is 16.6. The quantitative estimate of drug-likeness (QED) is 0.144. The molecule has 1 amide bonds. The molecule has 0 N–H and O–H groups in total. The highest BCUT2D eigenvalue weighted by atomic mass is 35.5. The van der Waals surface area contributed by atoms with E-state index in [1.807, 2.05) is 32.9 Å². The molecule has 0 spiro atoms. The van der Waals surface area contributed by atoms with Gasteiger partial charge in [-0.2, -0.15) is 0 Å². The lowest BCUT2D eigenvalue weighted by atomic mass is 9.99. The number of likely N-dealkylation sites (tertiary alicyclic amines) is 1. The van der Waals surface area contributed by atoms with Crippen molar-refractivity contribution in [2.45, 2.75) is 103 Å². The van der Waals surface area contributed by atoms with Crippen LogP contribution in [-0.4, -0.2) is 62.0 Å². The van der Waals surface area contributed by atoms with Crippen LogP contribution < -0.4 is 0 Å². The molecule has 1 aliphatic rings. The third-order valence-electron chi connectivity index (χ3n) is 6.89. The predicted molar refractivity (Wildman–Crippen MR) is 150 cm³/mol. The number of benzene rings is 1. The van der Waals surface area contributed by atoms with Gasteiger partial charge in [0, 0.05) is 6.54 Å². The fourth-order valence-electron chi connectivity index (χ4n) is 4.04. The number of carbonyl (C=O) groups excluding carboxylic acids is 3. The smallest absolute Gasteiger partial charge is 0.410 e. The monoisotopic (exact) mass is 569 g/mol. The zero-order valence-corrected chi connectivity index (χ0v) is 26.0. The second-order valence-electron chi connectivity index (χ2n) is 12.2. The Kier molecular flexibility index (Phi) is 10.8. The zero-order chi connectivity index (χ0) is 28.9. The highest BCUT2D eigenvalue weighted by Crippen LogP contribution is 2.42. The normalized spacial score (nSPS) is 19.2. The van der Waals surface area contributed by atoms with Gasteiger partial charge < -0.3 is 18.6 Å². The SMILES string of the molecule is CCOC(=O)CC(OC(=O)CCl)c1ccc([C@H]2C[C@@H](O[Si](C)(C)C(C)(C)C)CN2C(=O)OC(C)(C)C)cc1. The summed E-state index contributed by atoms with van der Waals surface area (Å²) in [5.41, 5.74) is 0.909. The summed E-state index contributed by atoms with van der Waals surface area (Å²) in [5.74, 6) is -1.41. The molecule has 0 saturated carbocycles. The van der Waals surface area contributed by atoms with Crippen molar-refractivity contribution in [2.24, 2.45) is 0 Å². The number of nitrogens with zero attached hydrogens (tertiary/aromatic N) is 1. The minimum absolute atomic E-state index is 0.0396. The van der Waals surface area contributed by atoms with E-state index in [0.717, 1.165) is 5.56 Å². The molecule has 1 unspecified atom stereocenters. The van der Waals surface area contributed by atoms with Gasteiger partial charge in [-0.25, -0.2) is 4.79 Å². The predicted octanol–water partition coefficient (Wildman–Crippen LogP) is 6.54. The molecule has 3 atom stereocenters. The Morgan fingerprint density at radius 1 is 1.05 bits per heavy atom. The van der Waals surface area contributed by atoms with E-state index in [1.165, 1.54) is 0 Å². The number of amides is 1. The molecule has 0 aromatic heterocycles. The van der Waals surface area contributed by atoms with Gasteiger partial charge >= 0.3 is 18.0 Å². The van der Waals surface area contributed by atoms with Gasteiger partial charge in [-0.15, -0.1) is 11.6 Å². The van der Waals surface area contributed by atoms with Gasteiger partial charge in [-0.3, -0.25) is 14.5 Å². The molecule has 0 bridgehead atoms. The first-order valence-electron chi connectivity index (χ1n) is 13.2. The number of alkyl halides is 1. The third kappa shape index (κ3) is 8.98. The van der Waals surface area contributed by atoms with E-state index < -0.39 is 32.0 Å². The van der Waals surface area contributed by atoms with Crippen molar-refractivity contribution in [1.82, 2.24) is 4.90 Å². The zero-order valence-electron chi connectivity index (χ0n) is 24.3. The lowest BCUT2D eigenvalue weighted by Gasteiger charge is -2.38. The summed E-state index contributed by atoms with van der Waals surface area (Å²) in [6, 6.07) is 7.13. The number of ether oxygens (including phenoxy) is 3. The second-order valence-corrected chi connectivity index (χ2v) is 17.2. The third-order valence-corrected chi connectivity index (χ3v) is 11.6. The van der Waals surface area contributed by atoms with E-state index in [2.05, 4.69) is 33.9 Å². The Balaban J connectivity index is 2.33. The number of hydrogen-bond acceptors (Lipinski definition) is 7. The van der Waals surface area contributed by atoms with Crippen LogP contribution in [0.5, 0.6) is 0 Å². The van der Waals surface area contributed by atoms with E-state index in [9.17, 15) is 14.4 Å². The summed E-state index contributed by atoms with van der Waals surface area (Å²) >= 11 is 5.62. The van der Waals surface area contributed by atoms with Crippen molar-refractivity contribution < 1.29 is 33.0 Å². The van der Waals surface area contributed by atoms with Crippen molar-refractivity contribution in [2.75, 3.05) is 19.0 Å². The van der Waals surface area contributed by atoms with Gasteiger partial charge in [0.15, 0.2) is 8.32 Å². The van der Waals surface area contributed by atoms with Gasteiger partial charge in [-0.1, -0.05) is 45.0 Å². The Morgan fingerprint density at radius 2 is 1.66 bits per heavy atom. The van der Waals surface area contributed by atoms with Gasteiger partial charge in [-0.05, 0) is 63.4 Å². The number of hydrogen-bond donors (Lipinski definition) is 0. The van der Waals surface area contributed by atoms with Crippen molar-refractivity contribution >= 4 is 38.0 Å². The molecule has 8 nitrogen and oxygen atoms in total. The Morgan fingerprint density at radius 3 is 2.16 bits per heavy atom. The van der Waals surface area contributed by atoms with E-state index in [1.54, 1.807) is 24.0 Å². The summed E-state index contributed by atoms with van der Waals surface area (Å²) in [4.78, 5) is 38.9. The Bertz CT molecular complexity index is 969. The molecule has 1 heterocycles. The minimum Gasteiger partial charge on any atom is -0.466 e. The number of esters is 2. The highest BCUT2D eigenvalue weighted by Gasteiger charge is 2.45. The standard InChI is InChI=1S/C28H44ClNO7Si/c1-10-34-24(31)16-23(35-25(32)17-29)20-13-11-19(12-14-20)22-15-21(37-38(8,9)28(5,6)7)18-30(22)26(33)36-27(2,3)4/h11-14,21-23H,10,15-18H2,1-9H3/t21-,22-,23?/m1/s1. The van der Waals surface area contributed by atoms with Crippen molar-refractivity contribution in [3.8, 4) is 0 Å². The Labute approximate surface area is 233 Å². The lowest BCUT2D eigenvalue weighted by Crippen LogP contribution is -2.45. The molecule has 0 aliphatic carbocycles. The largest absolute Gasteiger partial charge is 0.466 e. The van der Waals surface area contributed by atoms with Crippen LogP contribution in [0, 0.1) is 0 Å². The van der Waals surface area contributed by atoms with E-state index in [-0.39, 0.29) is 42.2 Å². The molecule has 2 rings (SSSR count). The summed E-state index contributed by atoms with van der Waals surface area (Å²) in [6.45, 7) is 18.9. The van der Waals surface area contributed by atoms with Gasteiger partial charge in [0.05, 0.1) is 25.2 Å². The van der Waals surface area contributed by atoms with Crippen LogP contribution in [0.15, 0.2) is 24.3 Å². The molecule has 38 heavy (non-hydrogen) atoms.